The summed E-state index contributed by atoms with van der Waals surface area (Å²) in [5.41, 5.74) is 1.50. The summed E-state index contributed by atoms with van der Waals surface area (Å²) in [4.78, 5) is 1.45. The Morgan fingerprint density at radius 2 is 2.33 bits per heavy atom. The van der Waals surface area contributed by atoms with E-state index in [1.807, 2.05) is 11.3 Å². The molecule has 0 radical (unpaired) electrons. The quantitative estimate of drug-likeness (QED) is 0.603. The molecule has 66 valence electrons. The van der Waals surface area contributed by atoms with Gasteiger partial charge in [-0.15, -0.1) is 22.9 Å². The zero-order valence-corrected chi connectivity index (χ0v) is 8.79. The first-order valence-corrected chi connectivity index (χ1v) is 5.78. The van der Waals surface area contributed by atoms with Gasteiger partial charge in [0.15, 0.2) is 0 Å². The van der Waals surface area contributed by atoms with Crippen LogP contribution in [0.25, 0.3) is 0 Å². The summed E-state index contributed by atoms with van der Waals surface area (Å²) in [6.45, 7) is 2.20. The number of halogens is 1. The van der Waals surface area contributed by atoms with Crippen LogP contribution in [0.15, 0.2) is 11.4 Å². The lowest BCUT2D eigenvalue weighted by molar-refractivity contribution is 0.729. The van der Waals surface area contributed by atoms with Crippen molar-refractivity contribution in [2.45, 2.75) is 37.5 Å². The van der Waals surface area contributed by atoms with E-state index in [1.165, 1.54) is 29.7 Å². The molecule has 0 saturated heterocycles. The predicted octanol–water partition coefficient (Wildman–Crippen LogP) is 3.93. The molecule has 12 heavy (non-hydrogen) atoms. The maximum absolute atomic E-state index is 6.25. The Hall–Kier alpha value is -0.0100. The second-order valence-electron chi connectivity index (χ2n) is 3.49. The Morgan fingerprint density at radius 1 is 1.50 bits per heavy atom. The van der Waals surface area contributed by atoms with Crippen LogP contribution in [0.1, 0.15) is 35.6 Å². The van der Waals surface area contributed by atoms with Crippen LogP contribution in [0.2, 0.25) is 0 Å². The van der Waals surface area contributed by atoms with Crippen LogP contribution in [0.5, 0.6) is 0 Å². The molecule has 1 saturated carbocycles. The zero-order chi connectivity index (χ0) is 8.55. The molecule has 0 amide bonds. The van der Waals surface area contributed by atoms with Crippen molar-refractivity contribution in [2.24, 2.45) is 0 Å². The zero-order valence-electron chi connectivity index (χ0n) is 7.22. The van der Waals surface area contributed by atoms with Crippen LogP contribution in [-0.4, -0.2) is 5.38 Å². The highest BCUT2D eigenvalue weighted by Crippen LogP contribution is 2.40. The summed E-state index contributed by atoms with van der Waals surface area (Å²) in [6.07, 6.45) is 3.78. The van der Waals surface area contributed by atoms with Gasteiger partial charge in [-0.25, -0.2) is 0 Å². The van der Waals surface area contributed by atoms with E-state index in [4.69, 9.17) is 11.6 Å². The number of alkyl halides is 1. The fourth-order valence-electron chi connectivity index (χ4n) is 2.04. The van der Waals surface area contributed by atoms with Crippen LogP contribution < -0.4 is 0 Å². The fourth-order valence-corrected chi connectivity index (χ4v) is 3.23. The molecule has 0 aromatic carbocycles. The van der Waals surface area contributed by atoms with Crippen LogP contribution >= 0.6 is 22.9 Å². The van der Waals surface area contributed by atoms with Crippen LogP contribution in [0.3, 0.4) is 0 Å². The van der Waals surface area contributed by atoms with Crippen molar-refractivity contribution >= 4 is 22.9 Å². The molecule has 2 atom stereocenters. The van der Waals surface area contributed by atoms with Crippen molar-refractivity contribution in [1.82, 2.24) is 0 Å². The van der Waals surface area contributed by atoms with E-state index in [-0.39, 0.29) is 0 Å². The van der Waals surface area contributed by atoms with Gasteiger partial charge in [-0.05, 0) is 36.8 Å². The Kier molecular flexibility index (Phi) is 2.42. The minimum atomic E-state index is 0.387. The molecule has 1 aromatic heterocycles. The molecule has 0 bridgehead atoms. The third-order valence-electron chi connectivity index (χ3n) is 2.73. The normalized spacial score (nSPS) is 29.5. The third kappa shape index (κ3) is 1.40. The van der Waals surface area contributed by atoms with Gasteiger partial charge in [0, 0.05) is 16.2 Å². The second kappa shape index (κ2) is 3.39. The van der Waals surface area contributed by atoms with E-state index in [0.717, 1.165) is 0 Å². The highest BCUT2D eigenvalue weighted by molar-refractivity contribution is 7.10. The Bertz CT molecular complexity index is 267. The molecule has 0 N–H and O–H groups in total. The van der Waals surface area contributed by atoms with E-state index in [9.17, 15) is 0 Å². The van der Waals surface area contributed by atoms with Gasteiger partial charge >= 0.3 is 0 Å². The monoisotopic (exact) mass is 200 g/mol. The van der Waals surface area contributed by atoms with Gasteiger partial charge in [-0.1, -0.05) is 6.42 Å². The molecule has 1 heterocycles. The van der Waals surface area contributed by atoms with Crippen LogP contribution in [0, 0.1) is 6.92 Å². The Balaban J connectivity index is 2.24. The molecule has 2 rings (SSSR count). The first-order chi connectivity index (χ1) is 5.79. The molecule has 2 unspecified atom stereocenters. The smallest absolute Gasteiger partial charge is 0.0405 e. The van der Waals surface area contributed by atoms with Gasteiger partial charge in [-0.3, -0.25) is 0 Å². The molecular weight excluding hydrogens is 188 g/mol. The summed E-state index contributed by atoms with van der Waals surface area (Å²) < 4.78 is 0. The fraction of sp³-hybridized carbons (Fsp3) is 0.600. The van der Waals surface area contributed by atoms with Crippen molar-refractivity contribution in [3.63, 3.8) is 0 Å². The second-order valence-corrected chi connectivity index (χ2v) is 5.17. The lowest BCUT2D eigenvalue weighted by Gasteiger charge is -2.12. The van der Waals surface area contributed by atoms with Crippen molar-refractivity contribution in [1.29, 1.82) is 0 Å². The largest absolute Gasteiger partial charge is 0.149 e. The first kappa shape index (κ1) is 8.58. The highest BCUT2D eigenvalue weighted by atomic mass is 35.5. The summed E-state index contributed by atoms with van der Waals surface area (Å²) >= 11 is 8.08. The van der Waals surface area contributed by atoms with E-state index in [1.54, 1.807) is 0 Å². The van der Waals surface area contributed by atoms with Gasteiger partial charge in [0.1, 0.15) is 0 Å². The SMILES string of the molecule is Cc1sccc1C1CCCC1Cl. The standard InChI is InChI=1S/C10H13ClS/c1-7-8(5-6-12-7)9-3-2-4-10(9)11/h5-6,9-10H,2-4H2,1H3. The van der Waals surface area contributed by atoms with E-state index < -0.39 is 0 Å². The highest BCUT2D eigenvalue weighted by Gasteiger charge is 2.27. The first-order valence-electron chi connectivity index (χ1n) is 4.47. The molecule has 2 heteroatoms. The summed E-state index contributed by atoms with van der Waals surface area (Å²) in [6, 6.07) is 2.24. The third-order valence-corrected chi connectivity index (χ3v) is 4.11. The number of aryl methyl sites for hydroxylation is 1. The molecule has 1 aliphatic carbocycles. The average molecular weight is 201 g/mol. The lowest BCUT2D eigenvalue weighted by Crippen LogP contribution is -2.04. The number of thiophene rings is 1. The molecular formula is C10H13ClS. The number of hydrogen-bond donors (Lipinski definition) is 0. The average Bonchev–Trinajstić information content (AvgIpc) is 2.59. The predicted molar refractivity (Wildman–Crippen MR) is 55.3 cm³/mol. The van der Waals surface area contributed by atoms with Gasteiger partial charge in [-0.2, -0.15) is 0 Å². The molecule has 1 aliphatic rings. The lowest BCUT2D eigenvalue weighted by atomic mass is 9.98. The van der Waals surface area contributed by atoms with Crippen molar-refractivity contribution in [2.75, 3.05) is 0 Å². The van der Waals surface area contributed by atoms with Crippen molar-refractivity contribution in [3.05, 3.63) is 21.9 Å². The number of rotatable bonds is 1. The number of hydrogen-bond acceptors (Lipinski definition) is 1. The minimum absolute atomic E-state index is 0.387. The van der Waals surface area contributed by atoms with Gasteiger partial charge in [0.2, 0.25) is 0 Å². The summed E-state index contributed by atoms with van der Waals surface area (Å²) in [5.74, 6) is 0.637. The van der Waals surface area contributed by atoms with Crippen LogP contribution in [0.4, 0.5) is 0 Å². The van der Waals surface area contributed by atoms with E-state index >= 15 is 0 Å². The van der Waals surface area contributed by atoms with Gasteiger partial charge in [0.25, 0.3) is 0 Å². The molecule has 0 spiro atoms. The Labute approximate surface area is 82.6 Å². The maximum Gasteiger partial charge on any atom is 0.0405 e. The van der Waals surface area contributed by atoms with Gasteiger partial charge < -0.3 is 0 Å². The van der Waals surface area contributed by atoms with E-state index in [0.29, 0.717) is 11.3 Å². The molecule has 0 aliphatic heterocycles. The molecule has 1 fully saturated rings. The molecule has 1 aromatic rings. The maximum atomic E-state index is 6.25. The van der Waals surface area contributed by atoms with E-state index in [2.05, 4.69) is 18.4 Å². The summed E-state index contributed by atoms with van der Waals surface area (Å²) in [7, 11) is 0. The summed E-state index contributed by atoms with van der Waals surface area (Å²) in [5, 5.41) is 2.56. The topological polar surface area (TPSA) is 0 Å². The van der Waals surface area contributed by atoms with Crippen molar-refractivity contribution < 1.29 is 0 Å². The van der Waals surface area contributed by atoms with Gasteiger partial charge in [0.05, 0.1) is 0 Å². The Morgan fingerprint density at radius 3 is 2.83 bits per heavy atom. The minimum Gasteiger partial charge on any atom is -0.149 e. The van der Waals surface area contributed by atoms with Crippen LogP contribution in [-0.2, 0) is 0 Å². The molecule has 0 nitrogen and oxygen atoms in total. The van der Waals surface area contributed by atoms with Crippen molar-refractivity contribution in [3.8, 4) is 0 Å².